The summed E-state index contributed by atoms with van der Waals surface area (Å²) >= 11 is 2.20. The molecule has 1 rings (SSSR count). The average Bonchev–Trinajstić information content (AvgIpc) is 2.53. The lowest BCUT2D eigenvalue weighted by molar-refractivity contribution is 0.543. The minimum atomic E-state index is 0.816. The molecule has 0 aromatic heterocycles. The number of nitrogens with one attached hydrogen (secondary N) is 1. The van der Waals surface area contributed by atoms with Crippen molar-refractivity contribution in [3.8, 4) is 0 Å². The van der Waals surface area contributed by atoms with Crippen molar-refractivity contribution in [3.05, 3.63) is 0 Å². The van der Waals surface area contributed by atoms with E-state index >= 15 is 0 Å². The Morgan fingerprint density at radius 1 is 1.36 bits per heavy atom. The lowest BCUT2D eigenvalue weighted by Crippen LogP contribution is -2.26. The van der Waals surface area contributed by atoms with E-state index in [1.165, 1.54) is 31.4 Å². The highest BCUT2D eigenvalue weighted by Gasteiger charge is 2.23. The van der Waals surface area contributed by atoms with Gasteiger partial charge in [-0.15, -0.1) is 0 Å². The normalized spacial score (nSPS) is 27.4. The molecular formula is C12H25NS. The van der Waals surface area contributed by atoms with Crippen LogP contribution in [0, 0.1) is 5.92 Å². The summed E-state index contributed by atoms with van der Waals surface area (Å²) in [7, 11) is 0. The van der Waals surface area contributed by atoms with E-state index < -0.39 is 0 Å². The third-order valence-corrected chi connectivity index (χ3v) is 4.30. The highest BCUT2D eigenvalue weighted by Crippen LogP contribution is 2.30. The first kappa shape index (κ1) is 12.4. The highest BCUT2D eigenvalue weighted by molar-refractivity contribution is 7.99. The van der Waals surface area contributed by atoms with Crippen molar-refractivity contribution >= 4 is 11.8 Å². The van der Waals surface area contributed by atoms with Crippen LogP contribution in [0.4, 0.5) is 0 Å². The molecule has 0 amide bonds. The Balaban J connectivity index is 2.04. The van der Waals surface area contributed by atoms with Gasteiger partial charge < -0.3 is 5.32 Å². The zero-order valence-corrected chi connectivity index (χ0v) is 10.7. The van der Waals surface area contributed by atoms with Gasteiger partial charge in [0, 0.05) is 11.3 Å². The molecule has 0 radical (unpaired) electrons. The molecule has 1 N–H and O–H groups in total. The van der Waals surface area contributed by atoms with Crippen LogP contribution in [0.3, 0.4) is 0 Å². The van der Waals surface area contributed by atoms with Gasteiger partial charge in [-0.3, -0.25) is 0 Å². The molecule has 1 nitrogen and oxygen atoms in total. The summed E-state index contributed by atoms with van der Waals surface area (Å²) in [5.74, 6) is 2.23. The van der Waals surface area contributed by atoms with Crippen LogP contribution in [0.5, 0.6) is 0 Å². The topological polar surface area (TPSA) is 12.0 Å². The van der Waals surface area contributed by atoms with Crippen molar-refractivity contribution in [1.29, 1.82) is 0 Å². The van der Waals surface area contributed by atoms with Crippen LogP contribution in [0.25, 0.3) is 0 Å². The van der Waals surface area contributed by atoms with Gasteiger partial charge in [0.25, 0.3) is 0 Å². The van der Waals surface area contributed by atoms with E-state index in [4.69, 9.17) is 0 Å². The van der Waals surface area contributed by atoms with Gasteiger partial charge in [0.15, 0.2) is 0 Å². The second-order valence-corrected chi connectivity index (χ2v) is 6.15. The quantitative estimate of drug-likeness (QED) is 0.729. The van der Waals surface area contributed by atoms with Crippen LogP contribution in [-0.4, -0.2) is 23.6 Å². The number of rotatable bonds is 6. The van der Waals surface area contributed by atoms with Crippen LogP contribution in [0.1, 0.15) is 46.5 Å². The fourth-order valence-electron chi connectivity index (χ4n) is 2.04. The van der Waals surface area contributed by atoms with E-state index in [-0.39, 0.29) is 0 Å². The van der Waals surface area contributed by atoms with E-state index in [0.29, 0.717) is 0 Å². The molecule has 2 heteroatoms. The average molecular weight is 215 g/mol. The minimum Gasteiger partial charge on any atom is -0.314 e. The Hall–Kier alpha value is 0.310. The molecule has 1 aliphatic rings. The van der Waals surface area contributed by atoms with Gasteiger partial charge in [-0.1, -0.05) is 20.8 Å². The molecular weight excluding hydrogens is 190 g/mol. The maximum absolute atomic E-state index is 3.56. The summed E-state index contributed by atoms with van der Waals surface area (Å²) < 4.78 is 0. The molecule has 1 fully saturated rings. The van der Waals surface area contributed by atoms with Gasteiger partial charge in [-0.05, 0) is 43.9 Å². The Morgan fingerprint density at radius 2 is 2.14 bits per heavy atom. The van der Waals surface area contributed by atoms with Gasteiger partial charge in [-0.25, -0.2) is 0 Å². The molecule has 0 aliphatic heterocycles. The van der Waals surface area contributed by atoms with Crippen LogP contribution in [0.15, 0.2) is 0 Å². The molecule has 1 saturated carbocycles. The highest BCUT2D eigenvalue weighted by atomic mass is 32.2. The first-order chi connectivity index (χ1) is 6.72. The third kappa shape index (κ3) is 4.70. The molecule has 14 heavy (non-hydrogen) atoms. The first-order valence-electron chi connectivity index (χ1n) is 6.07. The van der Waals surface area contributed by atoms with E-state index in [1.54, 1.807) is 0 Å². The number of hydrogen-bond acceptors (Lipinski definition) is 2. The molecule has 2 unspecified atom stereocenters. The molecule has 1 aliphatic carbocycles. The molecule has 84 valence electrons. The van der Waals surface area contributed by atoms with Crippen LogP contribution in [0.2, 0.25) is 0 Å². The summed E-state index contributed by atoms with van der Waals surface area (Å²) in [6, 6.07) is 0.816. The second kappa shape index (κ2) is 6.73. The van der Waals surface area contributed by atoms with Crippen molar-refractivity contribution in [1.82, 2.24) is 5.32 Å². The number of thioether (sulfide) groups is 1. The van der Waals surface area contributed by atoms with Gasteiger partial charge in [0.2, 0.25) is 0 Å². The predicted molar refractivity (Wildman–Crippen MR) is 67.0 cm³/mol. The molecule has 0 aromatic carbocycles. The minimum absolute atomic E-state index is 0.816. The van der Waals surface area contributed by atoms with Crippen LogP contribution in [-0.2, 0) is 0 Å². The smallest absolute Gasteiger partial charge is 0.00778 e. The second-order valence-electron chi connectivity index (χ2n) is 4.74. The molecule has 0 saturated heterocycles. The monoisotopic (exact) mass is 215 g/mol. The van der Waals surface area contributed by atoms with E-state index in [0.717, 1.165) is 23.8 Å². The standard InChI is InChI=1S/C12H25NS/c1-4-13-11-5-6-12(9-11)14-8-7-10(2)3/h10-13H,4-9H2,1-3H3. The fraction of sp³-hybridized carbons (Fsp3) is 1.00. The molecule has 0 heterocycles. The SMILES string of the molecule is CCNC1CCC(SCCC(C)C)C1. The Morgan fingerprint density at radius 3 is 2.79 bits per heavy atom. The molecule has 0 aromatic rings. The van der Waals surface area contributed by atoms with Crippen molar-refractivity contribution in [2.45, 2.75) is 57.7 Å². The third-order valence-electron chi connectivity index (χ3n) is 2.93. The first-order valence-corrected chi connectivity index (χ1v) is 7.12. The van der Waals surface area contributed by atoms with Gasteiger partial charge in [0.1, 0.15) is 0 Å². The largest absolute Gasteiger partial charge is 0.314 e. The summed E-state index contributed by atoms with van der Waals surface area (Å²) in [6.45, 7) is 7.97. The van der Waals surface area contributed by atoms with Gasteiger partial charge >= 0.3 is 0 Å². The van der Waals surface area contributed by atoms with Crippen LogP contribution < -0.4 is 5.32 Å². The van der Waals surface area contributed by atoms with E-state index in [9.17, 15) is 0 Å². The lowest BCUT2D eigenvalue weighted by Gasteiger charge is -2.12. The zero-order valence-electron chi connectivity index (χ0n) is 9.88. The fourth-order valence-corrected chi connectivity index (χ4v) is 3.65. The zero-order chi connectivity index (χ0) is 10.4. The summed E-state index contributed by atoms with van der Waals surface area (Å²) in [6.07, 6.45) is 5.61. The Bertz CT molecular complexity index is 147. The summed E-state index contributed by atoms with van der Waals surface area (Å²) in [5, 5.41) is 4.50. The van der Waals surface area contributed by atoms with Crippen molar-refractivity contribution in [3.63, 3.8) is 0 Å². The van der Waals surface area contributed by atoms with E-state index in [2.05, 4.69) is 37.8 Å². The molecule has 2 atom stereocenters. The maximum Gasteiger partial charge on any atom is 0.00778 e. The molecule has 0 spiro atoms. The maximum atomic E-state index is 3.56. The van der Waals surface area contributed by atoms with Crippen molar-refractivity contribution in [2.24, 2.45) is 5.92 Å². The van der Waals surface area contributed by atoms with E-state index in [1.807, 2.05) is 0 Å². The van der Waals surface area contributed by atoms with Crippen LogP contribution >= 0.6 is 11.8 Å². The Labute approximate surface area is 93.4 Å². The predicted octanol–water partition coefficient (Wildman–Crippen LogP) is 3.30. The summed E-state index contributed by atoms with van der Waals surface area (Å²) in [5.41, 5.74) is 0. The number of hydrogen-bond donors (Lipinski definition) is 1. The Kier molecular flexibility index (Phi) is 5.95. The van der Waals surface area contributed by atoms with Crippen molar-refractivity contribution < 1.29 is 0 Å². The lowest BCUT2D eigenvalue weighted by atomic mass is 10.2. The molecule has 0 bridgehead atoms. The van der Waals surface area contributed by atoms with Gasteiger partial charge in [-0.2, -0.15) is 11.8 Å². The summed E-state index contributed by atoms with van der Waals surface area (Å²) in [4.78, 5) is 0. The van der Waals surface area contributed by atoms with Crippen molar-refractivity contribution in [2.75, 3.05) is 12.3 Å². The van der Waals surface area contributed by atoms with Gasteiger partial charge in [0.05, 0.1) is 0 Å².